The minimum absolute atomic E-state index is 0.0300. The van der Waals surface area contributed by atoms with Gasteiger partial charge in [0.25, 0.3) is 0 Å². The van der Waals surface area contributed by atoms with Gasteiger partial charge in [0.05, 0.1) is 17.6 Å². The van der Waals surface area contributed by atoms with Crippen LogP contribution in [0.4, 0.5) is 0 Å². The molecular formula is C20H28ClNO4S. The number of ether oxygens (including phenoxy) is 1. The van der Waals surface area contributed by atoms with Crippen molar-refractivity contribution >= 4 is 27.9 Å². The fraction of sp³-hybridized carbons (Fsp3) is 0.650. The summed E-state index contributed by atoms with van der Waals surface area (Å²) in [5.41, 5.74) is 0.685. The van der Waals surface area contributed by atoms with Gasteiger partial charge in [0.15, 0.2) is 0 Å². The highest BCUT2D eigenvalue weighted by Crippen LogP contribution is 2.31. The first-order chi connectivity index (χ1) is 13.0. The van der Waals surface area contributed by atoms with Crippen LogP contribution in [0.5, 0.6) is 0 Å². The molecule has 0 radical (unpaired) electrons. The van der Waals surface area contributed by atoms with Crippen LogP contribution < -0.4 is 0 Å². The zero-order valence-corrected chi connectivity index (χ0v) is 17.2. The normalized spacial score (nSPS) is 24.6. The average Bonchev–Trinajstić information content (AvgIpc) is 2.69. The molecule has 7 heteroatoms. The summed E-state index contributed by atoms with van der Waals surface area (Å²) in [5.74, 6) is 0.246. The van der Waals surface area contributed by atoms with E-state index < -0.39 is 10.0 Å². The average molecular weight is 414 g/mol. The number of halogens is 1. The highest BCUT2D eigenvalue weighted by Gasteiger charge is 2.28. The third-order valence-electron chi connectivity index (χ3n) is 5.66. The molecule has 1 aliphatic carbocycles. The molecular weight excluding hydrogens is 386 g/mol. The number of benzene rings is 1. The van der Waals surface area contributed by atoms with Crippen LogP contribution in [0.15, 0.2) is 23.1 Å². The summed E-state index contributed by atoms with van der Waals surface area (Å²) in [6.45, 7) is 1.42. The Morgan fingerprint density at radius 1 is 1.11 bits per heavy atom. The summed E-state index contributed by atoms with van der Waals surface area (Å²) in [5, 5.41) is 0.510. The number of carbonyl (C=O) groups excluding carboxylic acids is 1. The van der Waals surface area contributed by atoms with Gasteiger partial charge in [-0.25, -0.2) is 8.42 Å². The maximum Gasteiger partial charge on any atom is 0.243 e. The minimum Gasteiger partial charge on any atom is -0.373 e. The standard InChI is InChI=1S/C20H28ClNO4S/c21-19-9-8-18(27(24,25)22-11-4-1-5-12-22)14-17(19)15-26-20-7-3-2-6-16(20)10-13-23/h8-9,13-14,16,20H,1-7,10-12,15H2. The molecule has 0 N–H and O–H groups in total. The van der Waals surface area contributed by atoms with Gasteiger partial charge in [0.1, 0.15) is 6.29 Å². The van der Waals surface area contributed by atoms with Gasteiger partial charge in [0, 0.05) is 24.5 Å². The molecule has 1 heterocycles. The van der Waals surface area contributed by atoms with Crippen LogP contribution in [-0.4, -0.2) is 38.2 Å². The molecule has 2 fully saturated rings. The van der Waals surface area contributed by atoms with Crippen molar-refractivity contribution < 1.29 is 17.9 Å². The lowest BCUT2D eigenvalue weighted by molar-refractivity contribution is -0.111. The third-order valence-corrected chi connectivity index (χ3v) is 7.92. The van der Waals surface area contributed by atoms with E-state index in [1.165, 1.54) is 0 Å². The fourth-order valence-electron chi connectivity index (χ4n) is 4.06. The molecule has 0 spiro atoms. The van der Waals surface area contributed by atoms with E-state index in [1.807, 2.05) is 0 Å². The first-order valence-electron chi connectivity index (χ1n) is 9.86. The Morgan fingerprint density at radius 3 is 2.59 bits per heavy atom. The van der Waals surface area contributed by atoms with E-state index in [1.54, 1.807) is 22.5 Å². The molecule has 0 bridgehead atoms. The Kier molecular flexibility index (Phi) is 7.31. The van der Waals surface area contributed by atoms with Gasteiger partial charge in [0.2, 0.25) is 10.0 Å². The molecule has 27 heavy (non-hydrogen) atoms. The Bertz CT molecular complexity index is 746. The minimum atomic E-state index is -3.49. The molecule has 3 rings (SSSR count). The second-order valence-corrected chi connectivity index (χ2v) is 9.86. The Morgan fingerprint density at radius 2 is 1.85 bits per heavy atom. The maximum absolute atomic E-state index is 12.9. The van der Waals surface area contributed by atoms with Crippen LogP contribution in [0.2, 0.25) is 5.02 Å². The topological polar surface area (TPSA) is 63.7 Å². The summed E-state index contributed by atoms with van der Waals surface area (Å²) in [7, 11) is -3.49. The first-order valence-corrected chi connectivity index (χ1v) is 11.7. The second kappa shape index (κ2) is 9.50. The van der Waals surface area contributed by atoms with Crippen molar-refractivity contribution in [3.05, 3.63) is 28.8 Å². The molecule has 0 amide bonds. The monoisotopic (exact) mass is 413 g/mol. The highest BCUT2D eigenvalue weighted by atomic mass is 35.5. The van der Waals surface area contributed by atoms with Crippen molar-refractivity contribution in [1.82, 2.24) is 4.31 Å². The van der Waals surface area contributed by atoms with E-state index in [0.29, 0.717) is 30.1 Å². The highest BCUT2D eigenvalue weighted by molar-refractivity contribution is 7.89. The van der Waals surface area contributed by atoms with Gasteiger partial charge in [-0.1, -0.05) is 30.9 Å². The third kappa shape index (κ3) is 5.11. The second-order valence-electron chi connectivity index (χ2n) is 7.51. The van der Waals surface area contributed by atoms with Crippen LogP contribution in [0.25, 0.3) is 0 Å². The number of hydrogen-bond donors (Lipinski definition) is 0. The molecule has 150 valence electrons. The lowest BCUT2D eigenvalue weighted by Crippen LogP contribution is -2.35. The zero-order chi connectivity index (χ0) is 19.3. The van der Waals surface area contributed by atoms with Gasteiger partial charge in [-0.05, 0) is 55.4 Å². The van der Waals surface area contributed by atoms with Crippen LogP contribution >= 0.6 is 11.6 Å². The molecule has 2 aliphatic rings. The van der Waals surface area contributed by atoms with Gasteiger partial charge in [-0.3, -0.25) is 0 Å². The number of rotatable bonds is 7. The first kappa shape index (κ1) is 20.8. The summed E-state index contributed by atoms with van der Waals surface area (Å²) >= 11 is 6.30. The molecule has 5 nitrogen and oxygen atoms in total. The van der Waals surface area contributed by atoms with E-state index in [0.717, 1.165) is 51.2 Å². The molecule has 1 aliphatic heterocycles. The van der Waals surface area contributed by atoms with E-state index in [-0.39, 0.29) is 23.5 Å². The predicted octanol–water partition coefficient (Wildman–Crippen LogP) is 4.18. The number of hydrogen-bond acceptors (Lipinski definition) is 4. The Hall–Kier alpha value is -0.950. The van der Waals surface area contributed by atoms with Gasteiger partial charge in [-0.15, -0.1) is 0 Å². The number of nitrogens with zero attached hydrogens (tertiary/aromatic N) is 1. The quantitative estimate of drug-likeness (QED) is 0.629. The van der Waals surface area contributed by atoms with Crippen LogP contribution in [0, 0.1) is 5.92 Å². The van der Waals surface area contributed by atoms with Gasteiger partial charge >= 0.3 is 0 Å². The molecule has 1 saturated heterocycles. The van der Waals surface area contributed by atoms with Crippen LogP contribution in [0.1, 0.15) is 56.9 Å². The molecule has 1 aromatic rings. The summed E-state index contributed by atoms with van der Waals surface area (Å²) in [4.78, 5) is 11.2. The SMILES string of the molecule is O=CCC1CCCCC1OCc1cc(S(=O)(=O)N2CCCCC2)ccc1Cl. The summed E-state index contributed by atoms with van der Waals surface area (Å²) < 4.78 is 33.4. The molecule has 1 saturated carbocycles. The van der Waals surface area contributed by atoms with Crippen molar-refractivity contribution in [2.24, 2.45) is 5.92 Å². The predicted molar refractivity (Wildman–Crippen MR) is 105 cm³/mol. The lowest BCUT2D eigenvalue weighted by Gasteiger charge is -2.30. The van der Waals surface area contributed by atoms with Crippen LogP contribution in [0.3, 0.4) is 0 Å². The van der Waals surface area contributed by atoms with E-state index in [2.05, 4.69) is 0 Å². The molecule has 0 aromatic heterocycles. The zero-order valence-electron chi connectivity index (χ0n) is 15.6. The maximum atomic E-state index is 12.9. The van der Waals surface area contributed by atoms with Crippen molar-refractivity contribution in [1.29, 1.82) is 0 Å². The Labute approximate surface area is 167 Å². The molecule has 2 unspecified atom stereocenters. The van der Waals surface area contributed by atoms with Crippen molar-refractivity contribution in [2.75, 3.05) is 13.1 Å². The summed E-state index contributed by atoms with van der Waals surface area (Å²) in [6.07, 6.45) is 8.55. The van der Waals surface area contributed by atoms with Crippen molar-refractivity contribution in [3.63, 3.8) is 0 Å². The van der Waals surface area contributed by atoms with Crippen LogP contribution in [-0.2, 0) is 26.2 Å². The number of piperidine rings is 1. The largest absolute Gasteiger partial charge is 0.373 e. The van der Waals surface area contributed by atoms with E-state index in [9.17, 15) is 13.2 Å². The number of aldehydes is 1. The van der Waals surface area contributed by atoms with E-state index in [4.69, 9.17) is 16.3 Å². The van der Waals surface area contributed by atoms with Gasteiger partial charge < -0.3 is 9.53 Å². The molecule has 1 aromatic carbocycles. The van der Waals surface area contributed by atoms with Crippen molar-refractivity contribution in [2.45, 2.75) is 69.0 Å². The summed E-state index contributed by atoms with van der Waals surface area (Å²) in [6, 6.07) is 4.86. The lowest BCUT2D eigenvalue weighted by atomic mass is 9.84. The smallest absolute Gasteiger partial charge is 0.243 e. The van der Waals surface area contributed by atoms with Gasteiger partial charge in [-0.2, -0.15) is 4.31 Å². The van der Waals surface area contributed by atoms with E-state index >= 15 is 0 Å². The fourth-order valence-corrected chi connectivity index (χ4v) is 5.80. The number of carbonyl (C=O) groups is 1. The number of sulfonamides is 1. The Balaban J connectivity index is 1.72. The molecule has 2 atom stereocenters. The van der Waals surface area contributed by atoms with Crippen molar-refractivity contribution in [3.8, 4) is 0 Å².